The van der Waals surface area contributed by atoms with Crippen molar-refractivity contribution < 1.29 is 19.5 Å². The minimum atomic E-state index is -2.45. The summed E-state index contributed by atoms with van der Waals surface area (Å²) in [5, 5.41) is 9.21. The number of hydrogen-bond donors (Lipinski definition) is 3. The van der Waals surface area contributed by atoms with Crippen molar-refractivity contribution in [2.45, 2.75) is 18.9 Å². The van der Waals surface area contributed by atoms with Crippen LogP contribution < -0.4 is 11.5 Å². The molecule has 0 fully saturated rings. The Labute approximate surface area is 68.5 Å². The molecule has 0 aromatic heterocycles. The highest BCUT2D eigenvalue weighted by Crippen LogP contribution is 2.10. The van der Waals surface area contributed by atoms with Crippen molar-refractivity contribution in [3.63, 3.8) is 0 Å². The highest BCUT2D eigenvalue weighted by Gasteiger charge is 2.40. The fourth-order valence-corrected chi connectivity index (χ4v) is 0.637. The van der Waals surface area contributed by atoms with E-state index in [4.69, 9.17) is 11.5 Å². The lowest BCUT2D eigenvalue weighted by Gasteiger charge is -2.18. The van der Waals surface area contributed by atoms with E-state index in [-0.39, 0.29) is 0 Å². The largest absolute Gasteiger partial charge is 0.373 e. The Hall–Kier alpha value is -1.43. The van der Waals surface area contributed by atoms with Crippen LogP contribution in [-0.4, -0.2) is 28.3 Å². The number of carbonyl (C=O) groups is 3. The maximum atomic E-state index is 10.7. The van der Waals surface area contributed by atoms with Crippen molar-refractivity contribution in [3.8, 4) is 0 Å². The first-order chi connectivity index (χ1) is 5.30. The summed E-state index contributed by atoms with van der Waals surface area (Å²) in [4.78, 5) is 31.6. The van der Waals surface area contributed by atoms with E-state index in [2.05, 4.69) is 0 Å². The second-order valence-electron chi connectivity index (χ2n) is 2.42. The summed E-state index contributed by atoms with van der Waals surface area (Å²) in [6.45, 7) is 0.952. The third kappa shape index (κ3) is 2.03. The number of Topliss-reactive ketones (excluding diaryl/α,β-unsaturated/α-hetero) is 1. The quantitative estimate of drug-likeness (QED) is 0.413. The molecule has 2 amide bonds. The first-order valence-corrected chi connectivity index (χ1v) is 3.12. The van der Waals surface area contributed by atoms with Gasteiger partial charge in [-0.2, -0.15) is 0 Å². The van der Waals surface area contributed by atoms with Crippen LogP contribution in [0.5, 0.6) is 0 Å². The molecule has 5 N–H and O–H groups in total. The number of rotatable bonds is 4. The van der Waals surface area contributed by atoms with E-state index >= 15 is 0 Å². The number of hydrogen-bond acceptors (Lipinski definition) is 4. The van der Waals surface area contributed by atoms with Crippen molar-refractivity contribution in [3.05, 3.63) is 0 Å². The Morgan fingerprint density at radius 1 is 1.33 bits per heavy atom. The predicted octanol–water partition coefficient (Wildman–Crippen LogP) is -2.33. The zero-order valence-corrected chi connectivity index (χ0v) is 6.53. The van der Waals surface area contributed by atoms with Crippen LogP contribution in [0.4, 0.5) is 0 Å². The predicted molar refractivity (Wildman–Crippen MR) is 38.6 cm³/mol. The maximum Gasteiger partial charge on any atom is 0.257 e. The molecule has 0 aliphatic heterocycles. The number of amides is 2. The zero-order chi connectivity index (χ0) is 9.94. The van der Waals surface area contributed by atoms with Gasteiger partial charge < -0.3 is 16.6 Å². The fourth-order valence-electron chi connectivity index (χ4n) is 0.637. The van der Waals surface area contributed by atoms with E-state index in [0.717, 1.165) is 6.92 Å². The van der Waals surface area contributed by atoms with Gasteiger partial charge in [0, 0.05) is 0 Å². The van der Waals surface area contributed by atoms with Crippen LogP contribution in [0.25, 0.3) is 0 Å². The van der Waals surface area contributed by atoms with Crippen LogP contribution in [0.1, 0.15) is 13.3 Å². The average molecular weight is 174 g/mol. The van der Waals surface area contributed by atoms with E-state index < -0.39 is 29.6 Å². The molecule has 6 heteroatoms. The van der Waals surface area contributed by atoms with Crippen molar-refractivity contribution in [2.24, 2.45) is 11.5 Å². The number of nitrogens with two attached hydrogens (primary N) is 2. The van der Waals surface area contributed by atoms with Gasteiger partial charge in [-0.3, -0.25) is 14.4 Å². The normalized spacial score (nSPS) is 14.8. The summed E-state index contributed by atoms with van der Waals surface area (Å²) < 4.78 is 0. The molecule has 0 aromatic carbocycles. The molecule has 0 saturated carbocycles. The molecule has 0 spiro atoms. The molecule has 1 unspecified atom stereocenters. The minimum Gasteiger partial charge on any atom is -0.373 e. The number of aliphatic hydroxyl groups is 1. The molecule has 0 aliphatic carbocycles. The maximum absolute atomic E-state index is 10.7. The van der Waals surface area contributed by atoms with E-state index in [1.54, 1.807) is 0 Å². The Kier molecular flexibility index (Phi) is 2.92. The second kappa shape index (κ2) is 3.31. The van der Waals surface area contributed by atoms with Gasteiger partial charge >= 0.3 is 0 Å². The Morgan fingerprint density at radius 2 is 1.75 bits per heavy atom. The van der Waals surface area contributed by atoms with E-state index in [1.165, 1.54) is 0 Å². The summed E-state index contributed by atoms with van der Waals surface area (Å²) in [6, 6.07) is 0. The minimum absolute atomic E-state index is 0.780. The summed E-state index contributed by atoms with van der Waals surface area (Å²) in [5.41, 5.74) is 6.95. The first-order valence-electron chi connectivity index (χ1n) is 3.12. The molecule has 12 heavy (non-hydrogen) atoms. The van der Waals surface area contributed by atoms with Gasteiger partial charge in [-0.15, -0.1) is 0 Å². The van der Waals surface area contributed by atoms with Crippen LogP contribution in [0.2, 0.25) is 0 Å². The summed E-state index contributed by atoms with van der Waals surface area (Å²) >= 11 is 0. The molecular weight excluding hydrogens is 164 g/mol. The average Bonchev–Trinajstić information content (AvgIpc) is 1.84. The van der Waals surface area contributed by atoms with Gasteiger partial charge in [0.1, 0.15) is 0 Å². The molecule has 68 valence electrons. The Bertz CT molecular complexity index is 222. The third-order valence-electron chi connectivity index (χ3n) is 1.42. The standard InChI is InChI=1S/C6H10N2O4/c1-3(9)6(12,5(8)11)2-4(7)10/h12H,2H2,1H3,(H2,7,10)(H2,8,11). The van der Waals surface area contributed by atoms with Gasteiger partial charge in [0.05, 0.1) is 6.42 Å². The van der Waals surface area contributed by atoms with Gasteiger partial charge in [0.2, 0.25) is 11.5 Å². The van der Waals surface area contributed by atoms with Crippen LogP contribution in [0.3, 0.4) is 0 Å². The number of ketones is 1. The number of carbonyl (C=O) groups excluding carboxylic acids is 3. The summed E-state index contributed by atoms with van der Waals surface area (Å²) in [7, 11) is 0. The number of primary amides is 2. The smallest absolute Gasteiger partial charge is 0.257 e. The zero-order valence-electron chi connectivity index (χ0n) is 6.53. The molecule has 6 nitrogen and oxygen atoms in total. The van der Waals surface area contributed by atoms with Crippen LogP contribution in [-0.2, 0) is 14.4 Å². The van der Waals surface area contributed by atoms with Crippen molar-refractivity contribution in [1.29, 1.82) is 0 Å². The summed E-state index contributed by atoms with van der Waals surface area (Å²) in [6.07, 6.45) is -0.780. The van der Waals surface area contributed by atoms with Crippen LogP contribution in [0, 0.1) is 0 Å². The van der Waals surface area contributed by atoms with Gasteiger partial charge in [-0.05, 0) is 6.92 Å². The molecular formula is C6H10N2O4. The van der Waals surface area contributed by atoms with Gasteiger partial charge in [0.15, 0.2) is 5.78 Å². The van der Waals surface area contributed by atoms with Crippen LogP contribution in [0.15, 0.2) is 0 Å². The monoisotopic (exact) mass is 174 g/mol. The molecule has 1 atom stereocenters. The molecule has 0 heterocycles. The van der Waals surface area contributed by atoms with Crippen molar-refractivity contribution >= 4 is 17.6 Å². The topological polar surface area (TPSA) is 123 Å². The highest BCUT2D eigenvalue weighted by molar-refractivity contribution is 6.10. The van der Waals surface area contributed by atoms with Crippen molar-refractivity contribution in [1.82, 2.24) is 0 Å². The van der Waals surface area contributed by atoms with Gasteiger partial charge in [0.25, 0.3) is 5.91 Å². The molecule has 0 aliphatic rings. The van der Waals surface area contributed by atoms with Crippen molar-refractivity contribution in [2.75, 3.05) is 0 Å². The lowest BCUT2D eigenvalue weighted by atomic mass is 9.94. The molecule has 0 radical (unpaired) electrons. The van der Waals surface area contributed by atoms with E-state index in [1.807, 2.05) is 0 Å². The fraction of sp³-hybridized carbons (Fsp3) is 0.500. The van der Waals surface area contributed by atoms with Gasteiger partial charge in [-0.25, -0.2) is 0 Å². The lowest BCUT2D eigenvalue weighted by molar-refractivity contribution is -0.152. The molecule has 0 bridgehead atoms. The van der Waals surface area contributed by atoms with E-state index in [9.17, 15) is 19.5 Å². The lowest BCUT2D eigenvalue weighted by Crippen LogP contribution is -2.51. The third-order valence-corrected chi connectivity index (χ3v) is 1.42. The van der Waals surface area contributed by atoms with Gasteiger partial charge in [-0.1, -0.05) is 0 Å². The highest BCUT2D eigenvalue weighted by atomic mass is 16.3. The second-order valence-corrected chi connectivity index (χ2v) is 2.42. The Morgan fingerprint density at radius 3 is 1.83 bits per heavy atom. The van der Waals surface area contributed by atoms with Crippen LogP contribution >= 0.6 is 0 Å². The molecule has 0 rings (SSSR count). The first kappa shape index (κ1) is 10.6. The SMILES string of the molecule is CC(=O)C(O)(CC(N)=O)C(N)=O. The summed E-state index contributed by atoms with van der Waals surface area (Å²) in [5.74, 6) is -3.13. The van der Waals surface area contributed by atoms with E-state index in [0.29, 0.717) is 0 Å². The molecule has 0 aromatic rings. The Balaban J connectivity index is 4.75. The molecule has 0 saturated heterocycles.